The molecular weight excluding hydrogens is 797 g/mol. The van der Waals surface area contributed by atoms with E-state index in [4.69, 9.17) is 0 Å². The van der Waals surface area contributed by atoms with Crippen molar-refractivity contribution in [2.24, 2.45) is 0 Å². The van der Waals surface area contributed by atoms with Gasteiger partial charge in [0.05, 0.1) is 11.0 Å². The van der Waals surface area contributed by atoms with Crippen molar-refractivity contribution in [3.8, 4) is 61.3 Å². The summed E-state index contributed by atoms with van der Waals surface area (Å²) in [5, 5.41) is 4.98. The topological polar surface area (TPSA) is 8.17 Å². The number of anilines is 3. The van der Waals surface area contributed by atoms with Crippen LogP contribution in [0.5, 0.6) is 0 Å². The first kappa shape index (κ1) is 38.9. The lowest BCUT2D eigenvalue weighted by Crippen LogP contribution is -2.09. The molecule has 11 aromatic carbocycles. The summed E-state index contributed by atoms with van der Waals surface area (Å²) in [7, 11) is 0. The van der Waals surface area contributed by atoms with E-state index >= 15 is 0 Å². The van der Waals surface area contributed by atoms with Crippen LogP contribution in [0.2, 0.25) is 0 Å². The van der Waals surface area contributed by atoms with E-state index in [9.17, 15) is 0 Å². The van der Waals surface area contributed by atoms with Gasteiger partial charge in [0, 0.05) is 33.5 Å². The molecule has 2 heteroatoms. The van der Waals surface area contributed by atoms with E-state index in [-0.39, 0.29) is 0 Å². The van der Waals surface area contributed by atoms with E-state index in [0.29, 0.717) is 0 Å². The Kier molecular flexibility index (Phi) is 9.89. The van der Waals surface area contributed by atoms with Crippen molar-refractivity contribution in [2.75, 3.05) is 4.90 Å². The van der Waals surface area contributed by atoms with Gasteiger partial charge in [0.2, 0.25) is 0 Å². The minimum atomic E-state index is 1.10. The maximum absolute atomic E-state index is 2.38. The molecule has 0 atom stereocenters. The lowest BCUT2D eigenvalue weighted by Gasteiger charge is -2.26. The Morgan fingerprint density at radius 1 is 0.227 bits per heavy atom. The molecule has 0 radical (unpaired) electrons. The van der Waals surface area contributed by atoms with Crippen LogP contribution in [0, 0.1) is 0 Å². The SMILES string of the molecule is c1ccc(-c2cccc(-c3ccccc3-c3ccc(N(c4ccccc4)c4ccc(-c5ccc(-c6ccc7c(c6)c6ccccc6n7-c6ccccc6)c6ccccc56)cc4)cc3)c2)cc1. The molecule has 0 unspecified atom stereocenters. The summed E-state index contributed by atoms with van der Waals surface area (Å²) in [4.78, 5) is 2.34. The number of fused-ring (bicyclic) bond motifs is 4. The van der Waals surface area contributed by atoms with E-state index < -0.39 is 0 Å². The van der Waals surface area contributed by atoms with Gasteiger partial charge in [0.15, 0.2) is 0 Å². The van der Waals surface area contributed by atoms with Crippen LogP contribution in [0.15, 0.2) is 267 Å². The first-order valence-corrected chi connectivity index (χ1v) is 22.7. The largest absolute Gasteiger partial charge is 0.311 e. The van der Waals surface area contributed by atoms with Gasteiger partial charge in [-0.05, 0) is 139 Å². The Balaban J connectivity index is 0.880. The second-order valence-electron chi connectivity index (χ2n) is 16.9. The van der Waals surface area contributed by atoms with E-state index in [0.717, 1.165) is 17.1 Å². The molecule has 0 aliphatic rings. The monoisotopic (exact) mass is 840 g/mol. The van der Waals surface area contributed by atoms with Crippen LogP contribution in [0.1, 0.15) is 0 Å². The fourth-order valence-corrected chi connectivity index (χ4v) is 9.89. The number of hydrogen-bond donors (Lipinski definition) is 0. The minimum Gasteiger partial charge on any atom is -0.311 e. The second-order valence-corrected chi connectivity index (χ2v) is 16.9. The highest BCUT2D eigenvalue weighted by Gasteiger charge is 2.17. The van der Waals surface area contributed by atoms with Crippen LogP contribution < -0.4 is 4.90 Å². The second kappa shape index (κ2) is 16.8. The molecule has 0 aliphatic carbocycles. The van der Waals surface area contributed by atoms with Gasteiger partial charge in [-0.25, -0.2) is 0 Å². The molecule has 310 valence electrons. The Hall–Kier alpha value is -8.72. The van der Waals surface area contributed by atoms with E-state index in [2.05, 4.69) is 276 Å². The molecule has 0 N–H and O–H groups in total. The standard InChI is InChI=1S/C64H44N2/c1-4-17-45(18-5-1)48-19-16-20-49(43-48)56-26-11-10-25-55(56)46-31-36-53(37-32-46)65(51-21-6-2-7-22-51)54-38-33-47(34-39-54)57-40-41-58(60-28-13-12-27-59(57)60)50-35-42-64-62(44-50)61-29-14-15-30-63(61)66(64)52-23-8-3-9-24-52/h1-44H. The summed E-state index contributed by atoms with van der Waals surface area (Å²) in [6.45, 7) is 0. The first-order chi connectivity index (χ1) is 32.7. The maximum atomic E-state index is 2.38. The van der Waals surface area contributed by atoms with Crippen LogP contribution in [-0.2, 0) is 0 Å². The lowest BCUT2D eigenvalue weighted by molar-refractivity contribution is 1.18. The van der Waals surface area contributed by atoms with Gasteiger partial charge in [0.25, 0.3) is 0 Å². The lowest BCUT2D eigenvalue weighted by atomic mass is 9.91. The minimum absolute atomic E-state index is 1.10. The molecule has 0 fully saturated rings. The average Bonchev–Trinajstić information content (AvgIpc) is 3.73. The van der Waals surface area contributed by atoms with Crippen molar-refractivity contribution in [1.82, 2.24) is 4.57 Å². The molecule has 0 saturated carbocycles. The molecule has 12 aromatic rings. The molecule has 0 aliphatic heterocycles. The molecule has 0 amide bonds. The summed E-state index contributed by atoms with van der Waals surface area (Å²) in [6.07, 6.45) is 0. The van der Waals surface area contributed by atoms with Gasteiger partial charge in [-0.3, -0.25) is 0 Å². The molecule has 0 saturated heterocycles. The maximum Gasteiger partial charge on any atom is 0.0541 e. The molecular formula is C64H44N2. The van der Waals surface area contributed by atoms with Crippen LogP contribution in [-0.4, -0.2) is 4.57 Å². The zero-order valence-corrected chi connectivity index (χ0v) is 36.3. The van der Waals surface area contributed by atoms with Gasteiger partial charge in [-0.1, -0.05) is 194 Å². The zero-order valence-electron chi connectivity index (χ0n) is 36.3. The van der Waals surface area contributed by atoms with Crippen molar-refractivity contribution in [1.29, 1.82) is 0 Å². The number of nitrogens with zero attached hydrogens (tertiary/aromatic N) is 2. The first-order valence-electron chi connectivity index (χ1n) is 22.7. The van der Waals surface area contributed by atoms with Crippen LogP contribution in [0.4, 0.5) is 17.1 Å². The Morgan fingerprint density at radius 2 is 0.667 bits per heavy atom. The highest BCUT2D eigenvalue weighted by Crippen LogP contribution is 2.42. The zero-order chi connectivity index (χ0) is 43.8. The van der Waals surface area contributed by atoms with Crippen molar-refractivity contribution in [3.63, 3.8) is 0 Å². The molecule has 1 aromatic heterocycles. The summed E-state index contributed by atoms with van der Waals surface area (Å²) >= 11 is 0. The van der Waals surface area contributed by atoms with Crippen molar-refractivity contribution >= 4 is 49.6 Å². The number of hydrogen-bond acceptors (Lipinski definition) is 1. The van der Waals surface area contributed by atoms with Crippen molar-refractivity contribution < 1.29 is 0 Å². The van der Waals surface area contributed by atoms with E-state index in [1.54, 1.807) is 0 Å². The summed E-state index contributed by atoms with van der Waals surface area (Å²) in [5.41, 5.74) is 19.0. The van der Waals surface area contributed by atoms with E-state index in [1.807, 2.05) is 0 Å². The third kappa shape index (κ3) is 7.02. The predicted octanol–water partition coefficient (Wildman–Crippen LogP) is 17.7. The molecule has 0 bridgehead atoms. The van der Waals surface area contributed by atoms with Gasteiger partial charge < -0.3 is 9.47 Å². The van der Waals surface area contributed by atoms with Crippen LogP contribution >= 0.6 is 0 Å². The summed E-state index contributed by atoms with van der Waals surface area (Å²) < 4.78 is 2.38. The fourth-order valence-electron chi connectivity index (χ4n) is 9.89. The third-order valence-electron chi connectivity index (χ3n) is 13.0. The fraction of sp³-hybridized carbons (Fsp3) is 0. The van der Waals surface area contributed by atoms with Gasteiger partial charge in [0.1, 0.15) is 0 Å². The summed E-state index contributed by atoms with van der Waals surface area (Å²) in [5.74, 6) is 0. The Morgan fingerprint density at radius 3 is 1.33 bits per heavy atom. The van der Waals surface area contributed by atoms with Crippen LogP contribution in [0.3, 0.4) is 0 Å². The van der Waals surface area contributed by atoms with Crippen molar-refractivity contribution in [2.45, 2.75) is 0 Å². The quantitative estimate of drug-likeness (QED) is 0.141. The molecule has 0 spiro atoms. The average molecular weight is 841 g/mol. The number of rotatable bonds is 9. The van der Waals surface area contributed by atoms with E-state index in [1.165, 1.54) is 93.9 Å². The third-order valence-corrected chi connectivity index (χ3v) is 13.0. The Labute approximate surface area is 385 Å². The molecule has 1 heterocycles. The highest BCUT2D eigenvalue weighted by atomic mass is 15.1. The summed E-state index contributed by atoms with van der Waals surface area (Å²) in [6, 6.07) is 96.7. The van der Waals surface area contributed by atoms with Gasteiger partial charge in [-0.2, -0.15) is 0 Å². The normalized spacial score (nSPS) is 11.3. The Bertz CT molecular complexity index is 3660. The van der Waals surface area contributed by atoms with Crippen molar-refractivity contribution in [3.05, 3.63) is 267 Å². The van der Waals surface area contributed by atoms with Crippen LogP contribution in [0.25, 0.3) is 93.9 Å². The molecule has 2 nitrogen and oxygen atoms in total. The molecule has 66 heavy (non-hydrogen) atoms. The number of benzene rings is 11. The number of para-hydroxylation sites is 3. The molecule has 12 rings (SSSR count). The van der Waals surface area contributed by atoms with Gasteiger partial charge in [-0.15, -0.1) is 0 Å². The predicted molar refractivity (Wildman–Crippen MR) is 280 cm³/mol. The van der Waals surface area contributed by atoms with Gasteiger partial charge >= 0.3 is 0 Å². The number of aromatic nitrogens is 1. The highest BCUT2D eigenvalue weighted by molar-refractivity contribution is 6.12. The smallest absolute Gasteiger partial charge is 0.0541 e.